The maximum absolute atomic E-state index is 12.7. The zero-order valence-corrected chi connectivity index (χ0v) is 7.03. The quantitative estimate of drug-likeness (QED) is 0.725. The molecule has 0 atom stereocenters. The van der Waals surface area contributed by atoms with E-state index >= 15 is 0 Å². The molecule has 0 unspecified atom stereocenters. The summed E-state index contributed by atoms with van der Waals surface area (Å²) < 4.78 is 13.8. The number of rotatable bonds is 2. The van der Waals surface area contributed by atoms with Gasteiger partial charge in [-0.2, -0.15) is 4.98 Å². The number of nitrogens with one attached hydrogen (secondary N) is 1. The van der Waals surface area contributed by atoms with Gasteiger partial charge in [-0.15, -0.1) is 0 Å². The molecule has 0 spiro atoms. The van der Waals surface area contributed by atoms with Gasteiger partial charge < -0.3 is 5.43 Å². The van der Waals surface area contributed by atoms with E-state index in [4.69, 9.17) is 0 Å². The van der Waals surface area contributed by atoms with Crippen LogP contribution in [0, 0.1) is 5.82 Å². The number of aromatic nitrogens is 2. The Morgan fingerprint density at radius 1 is 1.62 bits per heavy atom. The molecule has 1 aliphatic rings. The Hall–Kier alpha value is -1.39. The van der Waals surface area contributed by atoms with Crippen molar-refractivity contribution in [3.8, 4) is 0 Å². The van der Waals surface area contributed by atoms with E-state index in [1.165, 1.54) is 0 Å². The van der Waals surface area contributed by atoms with E-state index in [-0.39, 0.29) is 0 Å². The normalized spacial score (nSPS) is 16.7. The molecule has 1 fully saturated rings. The van der Waals surface area contributed by atoms with Crippen molar-refractivity contribution in [2.24, 2.45) is 0 Å². The second-order valence-electron chi connectivity index (χ2n) is 3.18. The van der Waals surface area contributed by atoms with Gasteiger partial charge in [0.1, 0.15) is 0 Å². The molecule has 1 heterocycles. The standard InChI is InChI=1S/C8H10FN3O/c9-6-4-10-8(13)12(5-6)11-7-2-1-3-7/h4-5,7,11H,1-3H2. The Morgan fingerprint density at radius 2 is 2.38 bits per heavy atom. The molecule has 1 aromatic rings. The molecule has 0 radical (unpaired) electrons. The molecule has 0 bridgehead atoms. The zero-order valence-electron chi connectivity index (χ0n) is 7.03. The van der Waals surface area contributed by atoms with Crippen LogP contribution in [0.5, 0.6) is 0 Å². The van der Waals surface area contributed by atoms with Gasteiger partial charge in [0.05, 0.1) is 12.4 Å². The van der Waals surface area contributed by atoms with Crippen LogP contribution in [0.3, 0.4) is 0 Å². The van der Waals surface area contributed by atoms with E-state index in [1.54, 1.807) is 0 Å². The van der Waals surface area contributed by atoms with Crippen LogP contribution in [-0.2, 0) is 0 Å². The van der Waals surface area contributed by atoms with Crippen LogP contribution in [0.25, 0.3) is 0 Å². The molecule has 1 aromatic heterocycles. The molecular weight excluding hydrogens is 173 g/mol. The zero-order chi connectivity index (χ0) is 9.26. The molecule has 0 amide bonds. The summed E-state index contributed by atoms with van der Waals surface area (Å²) in [5, 5.41) is 0. The number of halogens is 1. The minimum atomic E-state index is -0.508. The predicted molar refractivity (Wildman–Crippen MR) is 45.5 cm³/mol. The van der Waals surface area contributed by atoms with Gasteiger partial charge in [-0.1, -0.05) is 0 Å². The van der Waals surface area contributed by atoms with Crippen LogP contribution >= 0.6 is 0 Å². The highest BCUT2D eigenvalue weighted by Crippen LogP contribution is 2.18. The van der Waals surface area contributed by atoms with Crippen molar-refractivity contribution in [1.29, 1.82) is 0 Å². The van der Waals surface area contributed by atoms with E-state index in [0.29, 0.717) is 6.04 Å². The van der Waals surface area contributed by atoms with Crippen molar-refractivity contribution in [2.45, 2.75) is 25.3 Å². The molecule has 2 rings (SSSR count). The van der Waals surface area contributed by atoms with Crippen LogP contribution in [-0.4, -0.2) is 15.7 Å². The monoisotopic (exact) mass is 183 g/mol. The summed E-state index contributed by atoms with van der Waals surface area (Å²) >= 11 is 0. The number of nitrogens with zero attached hydrogens (tertiary/aromatic N) is 2. The first-order valence-corrected chi connectivity index (χ1v) is 4.26. The number of hydrogen-bond acceptors (Lipinski definition) is 3. The van der Waals surface area contributed by atoms with E-state index in [2.05, 4.69) is 10.4 Å². The lowest BCUT2D eigenvalue weighted by Crippen LogP contribution is -2.40. The average Bonchev–Trinajstić information content (AvgIpc) is 2.03. The smallest absolute Gasteiger partial charge is 0.319 e. The summed E-state index contributed by atoms with van der Waals surface area (Å²) in [5.74, 6) is -0.508. The van der Waals surface area contributed by atoms with Gasteiger partial charge in [-0.05, 0) is 19.3 Å². The van der Waals surface area contributed by atoms with Gasteiger partial charge >= 0.3 is 5.69 Å². The fourth-order valence-electron chi connectivity index (χ4n) is 1.22. The Labute approximate surface area is 74.4 Å². The van der Waals surface area contributed by atoms with E-state index in [9.17, 15) is 9.18 Å². The lowest BCUT2D eigenvalue weighted by molar-refractivity contribution is 0.408. The average molecular weight is 183 g/mol. The van der Waals surface area contributed by atoms with Gasteiger partial charge in [0.15, 0.2) is 5.82 Å². The lowest BCUT2D eigenvalue weighted by atomic mass is 9.94. The highest BCUT2D eigenvalue weighted by atomic mass is 19.1. The molecule has 70 valence electrons. The molecule has 13 heavy (non-hydrogen) atoms. The topological polar surface area (TPSA) is 46.9 Å². The third kappa shape index (κ3) is 1.68. The van der Waals surface area contributed by atoms with E-state index < -0.39 is 11.5 Å². The van der Waals surface area contributed by atoms with Crippen molar-refractivity contribution in [3.63, 3.8) is 0 Å². The van der Waals surface area contributed by atoms with Crippen LogP contribution in [0.15, 0.2) is 17.2 Å². The summed E-state index contributed by atoms with van der Waals surface area (Å²) in [6.45, 7) is 0. The van der Waals surface area contributed by atoms with Crippen LogP contribution in [0.1, 0.15) is 19.3 Å². The second-order valence-corrected chi connectivity index (χ2v) is 3.18. The molecule has 0 aliphatic heterocycles. The molecule has 5 heteroatoms. The molecule has 1 N–H and O–H groups in total. The highest BCUT2D eigenvalue weighted by Gasteiger charge is 2.17. The first-order valence-electron chi connectivity index (χ1n) is 4.26. The first-order chi connectivity index (χ1) is 6.25. The molecular formula is C8H10FN3O. The van der Waals surface area contributed by atoms with Crippen molar-refractivity contribution in [3.05, 3.63) is 28.7 Å². The lowest BCUT2D eigenvalue weighted by Gasteiger charge is -2.27. The summed E-state index contributed by atoms with van der Waals surface area (Å²) in [6, 6.07) is 0.293. The summed E-state index contributed by atoms with van der Waals surface area (Å²) in [6.07, 6.45) is 5.26. The maximum atomic E-state index is 12.7. The van der Waals surface area contributed by atoms with E-state index in [1.807, 2.05) is 0 Å². The Bertz CT molecular complexity index is 359. The minimum absolute atomic E-state index is 0.293. The van der Waals surface area contributed by atoms with Crippen molar-refractivity contribution in [2.75, 3.05) is 5.43 Å². The summed E-state index contributed by atoms with van der Waals surface area (Å²) in [5.41, 5.74) is 2.42. The Balaban J connectivity index is 2.17. The van der Waals surface area contributed by atoms with Gasteiger partial charge in [0.25, 0.3) is 0 Å². The van der Waals surface area contributed by atoms with Gasteiger partial charge in [-0.25, -0.2) is 13.9 Å². The van der Waals surface area contributed by atoms with Crippen LogP contribution in [0.2, 0.25) is 0 Å². The van der Waals surface area contributed by atoms with Crippen LogP contribution < -0.4 is 11.1 Å². The second kappa shape index (κ2) is 3.16. The summed E-state index contributed by atoms with van der Waals surface area (Å²) in [7, 11) is 0. The maximum Gasteiger partial charge on any atom is 0.366 e. The largest absolute Gasteiger partial charge is 0.366 e. The third-order valence-corrected chi connectivity index (χ3v) is 2.18. The van der Waals surface area contributed by atoms with Crippen molar-refractivity contribution >= 4 is 0 Å². The Morgan fingerprint density at radius 3 is 3.00 bits per heavy atom. The SMILES string of the molecule is O=c1ncc(F)cn1NC1CCC1. The van der Waals surface area contributed by atoms with Gasteiger partial charge in [0, 0.05) is 6.04 Å². The first kappa shape index (κ1) is 8.22. The van der Waals surface area contributed by atoms with Crippen molar-refractivity contribution in [1.82, 2.24) is 9.66 Å². The van der Waals surface area contributed by atoms with E-state index in [0.717, 1.165) is 36.3 Å². The molecule has 4 nitrogen and oxygen atoms in total. The van der Waals surface area contributed by atoms with Crippen LogP contribution in [0.4, 0.5) is 4.39 Å². The molecule has 0 saturated heterocycles. The third-order valence-electron chi connectivity index (χ3n) is 2.18. The molecule has 0 aromatic carbocycles. The van der Waals surface area contributed by atoms with Gasteiger partial charge in [0.2, 0.25) is 0 Å². The fourth-order valence-corrected chi connectivity index (χ4v) is 1.22. The Kier molecular flexibility index (Phi) is 2.00. The van der Waals surface area contributed by atoms with Crippen molar-refractivity contribution < 1.29 is 4.39 Å². The summed E-state index contributed by atoms with van der Waals surface area (Å²) in [4.78, 5) is 14.4. The fraction of sp³-hybridized carbons (Fsp3) is 0.500. The molecule has 1 saturated carbocycles. The minimum Gasteiger partial charge on any atom is -0.319 e. The van der Waals surface area contributed by atoms with Gasteiger partial charge in [-0.3, -0.25) is 0 Å². The molecule has 1 aliphatic carbocycles. The highest BCUT2D eigenvalue weighted by molar-refractivity contribution is 4.93. The number of hydrogen-bond donors (Lipinski definition) is 1. The predicted octanol–water partition coefficient (Wildman–Crippen LogP) is 0.478.